The zero-order valence-electron chi connectivity index (χ0n) is 26.1. The van der Waals surface area contributed by atoms with Crippen LogP contribution in [0, 0.1) is 0 Å². The Bertz CT molecular complexity index is 1390. The van der Waals surface area contributed by atoms with Gasteiger partial charge < -0.3 is 18.6 Å². The fraction of sp³-hybridized carbons (Fsp3) is 0.333. The lowest BCUT2D eigenvalue weighted by Crippen LogP contribution is -2.67. The normalized spacial score (nSPS) is 13.9. The van der Waals surface area contributed by atoms with Crippen molar-refractivity contribution in [1.82, 2.24) is 0 Å². The number of rotatable bonds is 16. The molecule has 0 bridgehead atoms. The second kappa shape index (κ2) is 16.4. The van der Waals surface area contributed by atoms with Gasteiger partial charge in [-0.1, -0.05) is 147 Å². The van der Waals surface area contributed by atoms with Crippen molar-refractivity contribution in [1.29, 1.82) is 0 Å². The van der Waals surface area contributed by atoms with Gasteiger partial charge in [0.25, 0.3) is 8.32 Å². The first-order chi connectivity index (χ1) is 21.4. The van der Waals surface area contributed by atoms with Crippen molar-refractivity contribution < 1.29 is 18.6 Å². The van der Waals surface area contributed by atoms with Crippen LogP contribution >= 0.6 is 0 Å². The number of ether oxygens (including phenoxy) is 3. The molecule has 4 aromatic rings. The van der Waals surface area contributed by atoms with Gasteiger partial charge in [-0.15, -0.1) is 0 Å². The predicted octanol–water partition coefficient (Wildman–Crippen LogP) is 7.06. The van der Waals surface area contributed by atoms with E-state index in [-0.39, 0.29) is 18.3 Å². The molecule has 0 aliphatic heterocycles. The molecule has 0 radical (unpaired) electrons. The zero-order valence-corrected chi connectivity index (χ0v) is 27.1. The second-order valence-corrected chi connectivity index (χ2v) is 16.1. The summed E-state index contributed by atoms with van der Waals surface area (Å²) in [5.74, 6) is 0. The first kappa shape index (κ1) is 33.1. The lowest BCUT2D eigenvalue weighted by Gasteiger charge is -2.44. The van der Waals surface area contributed by atoms with Gasteiger partial charge in [-0.25, -0.2) is 0 Å². The molecule has 44 heavy (non-hydrogen) atoms. The number of methoxy groups -OCH3 is 1. The average Bonchev–Trinajstić information content (AvgIpc) is 3.05. The number of hydrogen-bond donors (Lipinski definition) is 0. The fourth-order valence-electron chi connectivity index (χ4n) is 5.65. The van der Waals surface area contributed by atoms with Crippen LogP contribution in [0.5, 0.6) is 0 Å². The van der Waals surface area contributed by atoms with E-state index in [1.165, 1.54) is 10.4 Å². The fourth-order valence-corrected chi connectivity index (χ4v) is 10.2. The van der Waals surface area contributed by atoms with Crippen LogP contribution in [0.1, 0.15) is 31.9 Å². The van der Waals surface area contributed by atoms with Gasteiger partial charge >= 0.3 is 0 Å². The Hall–Kier alpha value is -3.75. The highest BCUT2D eigenvalue weighted by molar-refractivity contribution is 6.99. The highest BCUT2D eigenvalue weighted by Crippen LogP contribution is 2.37. The van der Waals surface area contributed by atoms with E-state index in [0.717, 1.165) is 11.1 Å². The SMILES string of the molecule is COC[C@H](N=[N+]=[N-])[C@H](OCc1ccccc1)[C@@H](CO[Si](c1ccccc1)(c1ccccc1)C(C)(C)C)OCc1ccccc1. The van der Waals surface area contributed by atoms with Crippen LogP contribution in [0.15, 0.2) is 126 Å². The third kappa shape index (κ3) is 8.45. The molecule has 0 heterocycles. The lowest BCUT2D eigenvalue weighted by atomic mass is 10.1. The summed E-state index contributed by atoms with van der Waals surface area (Å²) in [5.41, 5.74) is 11.6. The van der Waals surface area contributed by atoms with Gasteiger partial charge in [0.05, 0.1) is 38.6 Å². The van der Waals surface area contributed by atoms with E-state index in [1.54, 1.807) is 7.11 Å². The smallest absolute Gasteiger partial charge is 0.261 e. The van der Waals surface area contributed by atoms with Crippen molar-refractivity contribution in [2.24, 2.45) is 5.11 Å². The van der Waals surface area contributed by atoms with Gasteiger partial charge in [0, 0.05) is 12.0 Å². The van der Waals surface area contributed by atoms with E-state index < -0.39 is 26.6 Å². The van der Waals surface area contributed by atoms with Crippen molar-refractivity contribution >= 4 is 18.7 Å². The minimum Gasteiger partial charge on any atom is -0.405 e. The Balaban J connectivity index is 1.77. The van der Waals surface area contributed by atoms with Gasteiger partial charge in [-0.3, -0.25) is 0 Å². The molecule has 7 nitrogen and oxygen atoms in total. The van der Waals surface area contributed by atoms with Crippen molar-refractivity contribution in [2.45, 2.75) is 57.3 Å². The Labute approximate surface area is 262 Å². The second-order valence-electron chi connectivity index (χ2n) is 11.8. The van der Waals surface area contributed by atoms with E-state index in [1.807, 2.05) is 72.8 Å². The topological polar surface area (TPSA) is 85.7 Å². The molecule has 0 saturated heterocycles. The molecule has 8 heteroatoms. The quantitative estimate of drug-likeness (QED) is 0.0589. The Morgan fingerprint density at radius 2 is 1.14 bits per heavy atom. The third-order valence-corrected chi connectivity index (χ3v) is 12.8. The highest BCUT2D eigenvalue weighted by Gasteiger charge is 2.51. The summed E-state index contributed by atoms with van der Waals surface area (Å²) in [6.45, 7) is 7.80. The predicted molar refractivity (Wildman–Crippen MR) is 178 cm³/mol. The Morgan fingerprint density at radius 1 is 0.682 bits per heavy atom. The van der Waals surface area contributed by atoms with Gasteiger partial charge in [0.2, 0.25) is 0 Å². The van der Waals surface area contributed by atoms with Crippen LogP contribution < -0.4 is 10.4 Å². The molecule has 0 fully saturated rings. The monoisotopic (exact) mass is 609 g/mol. The van der Waals surface area contributed by atoms with Crippen LogP contribution in [0.25, 0.3) is 10.4 Å². The summed E-state index contributed by atoms with van der Waals surface area (Å²) in [6, 6.07) is 40.3. The van der Waals surface area contributed by atoms with Crippen molar-refractivity contribution in [3.8, 4) is 0 Å². The summed E-state index contributed by atoms with van der Waals surface area (Å²) in [6.07, 6.45) is -1.22. The zero-order chi connectivity index (χ0) is 31.3. The lowest BCUT2D eigenvalue weighted by molar-refractivity contribution is -0.115. The molecule has 4 rings (SSSR count). The Kier molecular flexibility index (Phi) is 12.3. The summed E-state index contributed by atoms with van der Waals surface area (Å²) in [5, 5.41) is 6.24. The molecule has 0 aliphatic rings. The summed E-state index contributed by atoms with van der Waals surface area (Å²) in [7, 11) is -1.31. The first-order valence-corrected chi connectivity index (χ1v) is 16.9. The standard InChI is InChI=1S/C36H43N3O4Si/c1-36(2,3)44(31-21-13-7-14-22-31,32-23-15-8-16-24-32)43-28-34(41-25-29-17-9-5-10-18-29)35(33(27-40-4)38-39-37)42-26-30-19-11-6-12-20-30/h5-24,33-35H,25-28H2,1-4H3/t33-,34+,35-/m0/s1. The maximum atomic E-state index is 9.53. The van der Waals surface area contributed by atoms with E-state index >= 15 is 0 Å². The third-order valence-electron chi connectivity index (χ3n) is 7.76. The molecule has 3 atom stereocenters. The molecule has 0 amide bonds. The number of azide groups is 1. The molecule has 0 spiro atoms. The summed E-state index contributed by atoms with van der Waals surface area (Å²) >= 11 is 0. The Morgan fingerprint density at radius 3 is 1.57 bits per heavy atom. The molecular weight excluding hydrogens is 566 g/mol. The molecular formula is C36H43N3O4Si. The van der Waals surface area contributed by atoms with E-state index in [0.29, 0.717) is 13.2 Å². The van der Waals surface area contributed by atoms with Crippen LogP contribution in [0.3, 0.4) is 0 Å². The molecule has 0 unspecified atom stereocenters. The van der Waals surface area contributed by atoms with E-state index in [9.17, 15) is 5.53 Å². The van der Waals surface area contributed by atoms with Crippen LogP contribution in [0.2, 0.25) is 5.04 Å². The van der Waals surface area contributed by atoms with Crippen LogP contribution in [-0.2, 0) is 31.9 Å². The van der Waals surface area contributed by atoms with Gasteiger partial charge in [0.1, 0.15) is 6.10 Å². The maximum absolute atomic E-state index is 9.53. The van der Waals surface area contributed by atoms with Crippen molar-refractivity contribution in [2.75, 3.05) is 20.3 Å². The molecule has 0 aliphatic carbocycles. The largest absolute Gasteiger partial charge is 0.405 e. The van der Waals surface area contributed by atoms with Gasteiger partial charge in [0.15, 0.2) is 0 Å². The molecule has 230 valence electrons. The number of benzene rings is 4. The molecule has 0 aromatic heterocycles. The summed E-state index contributed by atoms with van der Waals surface area (Å²) in [4.78, 5) is 3.15. The van der Waals surface area contributed by atoms with Crippen molar-refractivity contribution in [3.05, 3.63) is 143 Å². The van der Waals surface area contributed by atoms with Gasteiger partial charge in [-0.05, 0) is 32.1 Å². The summed E-state index contributed by atoms with van der Waals surface area (Å²) < 4.78 is 26.1. The maximum Gasteiger partial charge on any atom is 0.261 e. The van der Waals surface area contributed by atoms with Crippen LogP contribution in [0.4, 0.5) is 0 Å². The minimum atomic E-state index is -2.90. The van der Waals surface area contributed by atoms with E-state index in [2.05, 4.69) is 79.3 Å². The average molecular weight is 610 g/mol. The van der Waals surface area contributed by atoms with Crippen molar-refractivity contribution in [3.63, 3.8) is 0 Å². The van der Waals surface area contributed by atoms with E-state index in [4.69, 9.17) is 18.6 Å². The molecule has 4 aromatic carbocycles. The minimum absolute atomic E-state index is 0.175. The molecule has 0 N–H and O–H groups in total. The van der Waals surface area contributed by atoms with Crippen LogP contribution in [-0.4, -0.2) is 46.9 Å². The number of nitrogens with zero attached hydrogens (tertiary/aromatic N) is 3. The number of hydrogen-bond acceptors (Lipinski definition) is 5. The molecule has 0 saturated carbocycles. The first-order valence-electron chi connectivity index (χ1n) is 15.0. The highest BCUT2D eigenvalue weighted by atomic mass is 28.4. The van der Waals surface area contributed by atoms with Gasteiger partial charge in [-0.2, -0.15) is 0 Å².